The van der Waals surface area contributed by atoms with Gasteiger partial charge in [0.25, 0.3) is 0 Å². The molecule has 0 aliphatic rings. The third-order valence-corrected chi connectivity index (χ3v) is 2.13. The Morgan fingerprint density at radius 1 is 1.21 bits per heavy atom. The lowest BCUT2D eigenvalue weighted by molar-refractivity contribution is -0.140. The van der Waals surface area contributed by atoms with Crippen molar-refractivity contribution in [2.45, 2.75) is 33.5 Å². The van der Waals surface area contributed by atoms with Crippen LogP contribution in [0.4, 0.5) is 0 Å². The summed E-state index contributed by atoms with van der Waals surface area (Å²) in [4.78, 5) is 15.4. The Labute approximate surface area is 114 Å². The van der Waals surface area contributed by atoms with E-state index in [4.69, 9.17) is 14.2 Å². The van der Waals surface area contributed by atoms with Crippen molar-refractivity contribution >= 4 is 12.2 Å². The average molecular weight is 273 g/mol. The molecule has 0 saturated heterocycles. The second-order valence-corrected chi connectivity index (χ2v) is 3.51. The molecule has 0 aromatic heterocycles. The molecule has 0 fully saturated rings. The number of hydrogen-bond acceptors (Lipinski definition) is 6. The van der Waals surface area contributed by atoms with Crippen LogP contribution in [-0.2, 0) is 19.0 Å². The summed E-state index contributed by atoms with van der Waals surface area (Å²) >= 11 is 0. The summed E-state index contributed by atoms with van der Waals surface area (Å²) in [6.45, 7) is 6.48. The number of carbonyl (C=O) groups is 1. The Balaban J connectivity index is 4.94. The SMILES string of the molecule is CCOC(=O)C(C=NC)=C(O)CC(OCC)OCC. The third-order valence-electron chi connectivity index (χ3n) is 2.13. The minimum atomic E-state index is -0.614. The summed E-state index contributed by atoms with van der Waals surface area (Å²) in [5, 5.41) is 9.99. The molecule has 0 aromatic carbocycles. The van der Waals surface area contributed by atoms with Crippen molar-refractivity contribution < 1.29 is 24.1 Å². The summed E-state index contributed by atoms with van der Waals surface area (Å²) in [6, 6.07) is 0. The Bertz CT molecular complexity index is 319. The predicted molar refractivity (Wildman–Crippen MR) is 72.4 cm³/mol. The van der Waals surface area contributed by atoms with Crippen LogP contribution in [0.1, 0.15) is 27.2 Å². The van der Waals surface area contributed by atoms with Gasteiger partial charge in [-0.3, -0.25) is 4.99 Å². The van der Waals surface area contributed by atoms with Gasteiger partial charge in [-0.2, -0.15) is 0 Å². The van der Waals surface area contributed by atoms with E-state index in [0.717, 1.165) is 0 Å². The van der Waals surface area contributed by atoms with E-state index >= 15 is 0 Å². The largest absolute Gasteiger partial charge is 0.511 e. The fourth-order valence-electron chi connectivity index (χ4n) is 1.39. The van der Waals surface area contributed by atoms with Gasteiger partial charge in [0.15, 0.2) is 6.29 Å². The van der Waals surface area contributed by atoms with Gasteiger partial charge in [0.05, 0.1) is 13.0 Å². The van der Waals surface area contributed by atoms with Gasteiger partial charge >= 0.3 is 5.97 Å². The molecule has 19 heavy (non-hydrogen) atoms. The van der Waals surface area contributed by atoms with E-state index in [2.05, 4.69) is 4.99 Å². The van der Waals surface area contributed by atoms with Crippen LogP contribution in [0.25, 0.3) is 0 Å². The lowest BCUT2D eigenvalue weighted by atomic mass is 10.2. The number of nitrogens with zero attached hydrogens (tertiary/aromatic N) is 1. The van der Waals surface area contributed by atoms with E-state index in [-0.39, 0.29) is 24.4 Å². The molecule has 0 unspecified atom stereocenters. The highest BCUT2D eigenvalue weighted by Gasteiger charge is 2.18. The Kier molecular flexibility index (Phi) is 9.74. The number of hydrogen-bond donors (Lipinski definition) is 1. The van der Waals surface area contributed by atoms with Crippen LogP contribution in [0, 0.1) is 0 Å². The van der Waals surface area contributed by atoms with Crippen molar-refractivity contribution in [3.05, 3.63) is 11.3 Å². The van der Waals surface area contributed by atoms with Gasteiger partial charge in [0, 0.05) is 26.5 Å². The quantitative estimate of drug-likeness (QED) is 0.228. The first-order valence-corrected chi connectivity index (χ1v) is 6.35. The molecule has 1 N–H and O–H groups in total. The Morgan fingerprint density at radius 2 is 1.79 bits per heavy atom. The first kappa shape index (κ1) is 17.6. The molecule has 0 aliphatic heterocycles. The summed E-state index contributed by atoms with van der Waals surface area (Å²) in [7, 11) is 1.51. The maximum Gasteiger partial charge on any atom is 0.343 e. The van der Waals surface area contributed by atoms with E-state index in [0.29, 0.717) is 13.2 Å². The maximum atomic E-state index is 11.7. The minimum Gasteiger partial charge on any atom is -0.511 e. The standard InChI is InChI=1S/C13H23NO5/c1-5-17-12(18-6-2)8-11(15)10(9-14-4)13(16)19-7-3/h9,12,15H,5-8H2,1-4H3. The van der Waals surface area contributed by atoms with Gasteiger partial charge in [-0.1, -0.05) is 0 Å². The number of aliphatic imine (C=N–C) groups is 1. The van der Waals surface area contributed by atoms with Gasteiger partial charge in [0.1, 0.15) is 11.3 Å². The zero-order chi connectivity index (χ0) is 14.7. The average Bonchev–Trinajstić information content (AvgIpc) is 2.36. The van der Waals surface area contributed by atoms with Crippen molar-refractivity contribution in [2.75, 3.05) is 26.9 Å². The van der Waals surface area contributed by atoms with Crippen LogP contribution in [0.15, 0.2) is 16.3 Å². The van der Waals surface area contributed by atoms with Crippen LogP contribution in [-0.4, -0.2) is 50.4 Å². The van der Waals surface area contributed by atoms with E-state index in [1.54, 1.807) is 6.92 Å². The van der Waals surface area contributed by atoms with Crippen LogP contribution in [0.5, 0.6) is 0 Å². The molecule has 0 amide bonds. The molecule has 6 nitrogen and oxygen atoms in total. The van der Waals surface area contributed by atoms with Crippen LogP contribution >= 0.6 is 0 Å². The monoisotopic (exact) mass is 273 g/mol. The van der Waals surface area contributed by atoms with E-state index in [1.165, 1.54) is 13.3 Å². The topological polar surface area (TPSA) is 77.4 Å². The molecule has 0 radical (unpaired) electrons. The second kappa shape index (κ2) is 10.5. The third kappa shape index (κ3) is 6.93. The molecule has 110 valence electrons. The first-order chi connectivity index (χ1) is 9.10. The van der Waals surface area contributed by atoms with Crippen LogP contribution in [0.3, 0.4) is 0 Å². The number of aliphatic hydroxyl groups is 1. The van der Waals surface area contributed by atoms with Gasteiger partial charge < -0.3 is 19.3 Å². The van der Waals surface area contributed by atoms with Crippen molar-refractivity contribution in [3.63, 3.8) is 0 Å². The minimum absolute atomic E-state index is 0.0220. The zero-order valence-electron chi connectivity index (χ0n) is 12.0. The molecular formula is C13H23NO5. The number of carbonyl (C=O) groups excluding carboxylic acids is 1. The molecule has 0 rings (SSSR count). The molecule has 0 heterocycles. The lowest BCUT2D eigenvalue weighted by Gasteiger charge is -2.17. The molecule has 0 saturated carbocycles. The van der Waals surface area contributed by atoms with Crippen molar-refractivity contribution in [2.24, 2.45) is 4.99 Å². The predicted octanol–water partition coefficient (Wildman–Crippen LogP) is 1.85. The summed E-state index contributed by atoms with van der Waals surface area (Å²) in [5.74, 6) is -0.770. The molecule has 6 heteroatoms. The summed E-state index contributed by atoms with van der Waals surface area (Å²) in [5.41, 5.74) is 0.0220. The fourth-order valence-corrected chi connectivity index (χ4v) is 1.39. The highest BCUT2D eigenvalue weighted by Crippen LogP contribution is 2.13. The van der Waals surface area contributed by atoms with Crippen molar-refractivity contribution in [1.29, 1.82) is 0 Å². The van der Waals surface area contributed by atoms with Gasteiger partial charge in [-0.05, 0) is 20.8 Å². The van der Waals surface area contributed by atoms with Gasteiger partial charge in [-0.15, -0.1) is 0 Å². The molecule has 0 aliphatic carbocycles. The first-order valence-electron chi connectivity index (χ1n) is 6.35. The maximum absolute atomic E-state index is 11.7. The van der Waals surface area contributed by atoms with Gasteiger partial charge in [0.2, 0.25) is 0 Å². The lowest BCUT2D eigenvalue weighted by Crippen LogP contribution is -2.20. The molecule has 0 aromatic rings. The smallest absolute Gasteiger partial charge is 0.343 e. The Hall–Kier alpha value is -1.40. The summed E-state index contributed by atoms with van der Waals surface area (Å²) in [6.07, 6.45) is 0.745. The van der Waals surface area contributed by atoms with Crippen LogP contribution < -0.4 is 0 Å². The number of ether oxygens (including phenoxy) is 3. The number of rotatable bonds is 9. The molecule has 0 spiro atoms. The van der Waals surface area contributed by atoms with Crippen LogP contribution in [0.2, 0.25) is 0 Å². The van der Waals surface area contributed by atoms with E-state index < -0.39 is 12.3 Å². The summed E-state index contributed by atoms with van der Waals surface area (Å²) < 4.78 is 15.5. The second-order valence-electron chi connectivity index (χ2n) is 3.51. The molecule has 0 atom stereocenters. The van der Waals surface area contributed by atoms with Gasteiger partial charge in [-0.25, -0.2) is 4.79 Å². The van der Waals surface area contributed by atoms with Crippen molar-refractivity contribution in [3.8, 4) is 0 Å². The van der Waals surface area contributed by atoms with E-state index in [1.807, 2.05) is 13.8 Å². The Morgan fingerprint density at radius 3 is 2.21 bits per heavy atom. The van der Waals surface area contributed by atoms with Crippen molar-refractivity contribution in [1.82, 2.24) is 0 Å². The fraction of sp³-hybridized carbons (Fsp3) is 0.692. The van der Waals surface area contributed by atoms with E-state index in [9.17, 15) is 9.90 Å². The number of esters is 1. The highest BCUT2D eigenvalue weighted by molar-refractivity contribution is 6.09. The zero-order valence-corrected chi connectivity index (χ0v) is 12.0. The highest BCUT2D eigenvalue weighted by atomic mass is 16.7. The number of aliphatic hydroxyl groups excluding tert-OH is 1. The molecule has 0 bridgehead atoms. The normalized spacial score (nSPS) is 12.9. The molecular weight excluding hydrogens is 250 g/mol.